The Kier molecular flexibility index (Phi) is 10.7. The predicted molar refractivity (Wildman–Crippen MR) is 222 cm³/mol. The van der Waals surface area contributed by atoms with Crippen LogP contribution in [-0.4, -0.2) is 86.6 Å². The molecule has 4 amide bonds. The lowest BCUT2D eigenvalue weighted by molar-refractivity contribution is -0.134. The maximum absolute atomic E-state index is 14.0. The van der Waals surface area contributed by atoms with Gasteiger partial charge < -0.3 is 15.0 Å². The highest BCUT2D eigenvalue weighted by Gasteiger charge is 2.36. The number of piperidine rings is 1. The van der Waals surface area contributed by atoms with Gasteiger partial charge in [-0.1, -0.05) is 47.7 Å². The number of aromatic nitrogens is 3. The lowest BCUT2D eigenvalue weighted by Gasteiger charge is -2.32. The molecule has 1 N–H and O–H groups in total. The van der Waals surface area contributed by atoms with Gasteiger partial charge in [-0.15, -0.1) is 21.5 Å². The normalized spacial score (nSPS) is 16.0. The largest absolute Gasteiger partial charge is 0.465 e. The van der Waals surface area contributed by atoms with Gasteiger partial charge in [-0.25, -0.2) is 4.79 Å². The van der Waals surface area contributed by atoms with E-state index in [0.717, 1.165) is 37.2 Å². The number of amides is 4. The molecule has 0 spiro atoms. The van der Waals surface area contributed by atoms with Crippen LogP contribution in [0, 0.1) is 38.5 Å². The second-order valence-electron chi connectivity index (χ2n) is 14.5. The molecule has 3 aromatic carbocycles. The molecule has 2 aromatic heterocycles. The van der Waals surface area contributed by atoms with Gasteiger partial charge in [-0.2, -0.15) is 0 Å². The number of fused-ring (bicyclic) bond motifs is 4. The number of nitrogens with zero attached hydrogens (tertiary/aromatic N) is 6. The maximum Gasteiger partial charge on any atom is 0.339 e. The monoisotopic (exact) mass is 827 g/mol. The van der Waals surface area contributed by atoms with Crippen LogP contribution in [0.4, 0.5) is 5.69 Å². The standard InChI is InChI=1S/C44H38ClN7O6S/c1-24-25(2)59-43-37(24)38(27-11-13-30(45)14-12-27)47-35(39-49-48-26(3)52(39)43)23-36(53)50-20-17-28(18-21-50)40(54)46-31-15-16-32(44(57)58-4)29(22-31)8-7-19-51-41(55)33-9-5-6-10-34(33)42(51)56/h5-6,9-16,22,28,35H,17-21,23H2,1-4H3,(H,46,54)/t35-/m0/s1. The SMILES string of the molecule is COC(=O)c1ccc(NC(=O)C2CCN(C(=O)C[C@@H]3N=C(c4ccc(Cl)cc4)c4c(sc(C)c4C)-n4c(C)nnc43)CC2)cc1C#CCN1C(=O)c2ccccc2C1=O. The lowest BCUT2D eigenvalue weighted by atomic mass is 9.95. The molecular weight excluding hydrogens is 790 g/mol. The first-order chi connectivity index (χ1) is 28.4. The van der Waals surface area contributed by atoms with Gasteiger partial charge in [0.1, 0.15) is 16.9 Å². The van der Waals surface area contributed by atoms with E-state index in [1.165, 1.54) is 13.2 Å². The summed E-state index contributed by atoms with van der Waals surface area (Å²) in [5, 5.41) is 13.4. The first kappa shape index (κ1) is 39.4. The molecule has 5 heterocycles. The highest BCUT2D eigenvalue weighted by molar-refractivity contribution is 7.15. The number of rotatable bonds is 7. The highest BCUT2D eigenvalue weighted by atomic mass is 35.5. The second-order valence-corrected chi connectivity index (χ2v) is 16.2. The average molecular weight is 828 g/mol. The van der Waals surface area contributed by atoms with Gasteiger partial charge in [0.25, 0.3) is 11.8 Å². The Labute approximate surface area is 349 Å². The first-order valence-corrected chi connectivity index (χ1v) is 20.2. The fourth-order valence-electron chi connectivity index (χ4n) is 7.67. The van der Waals surface area contributed by atoms with Crippen LogP contribution in [-0.2, 0) is 14.3 Å². The number of thiophene rings is 1. The molecule has 1 saturated heterocycles. The zero-order valence-corrected chi connectivity index (χ0v) is 34.2. The summed E-state index contributed by atoms with van der Waals surface area (Å²) >= 11 is 7.90. The number of hydrogen-bond acceptors (Lipinski definition) is 10. The summed E-state index contributed by atoms with van der Waals surface area (Å²) in [6.45, 7) is 6.63. The summed E-state index contributed by atoms with van der Waals surface area (Å²) in [5.41, 5.74) is 5.22. The van der Waals surface area contributed by atoms with Gasteiger partial charge in [0.05, 0.1) is 42.5 Å². The van der Waals surface area contributed by atoms with Crippen LogP contribution < -0.4 is 5.32 Å². The van der Waals surface area contributed by atoms with E-state index >= 15 is 0 Å². The van der Waals surface area contributed by atoms with Gasteiger partial charge in [-0.3, -0.25) is 33.6 Å². The molecule has 15 heteroatoms. The molecule has 3 aliphatic heterocycles. The Morgan fingerprint density at radius 2 is 1.64 bits per heavy atom. The number of halogens is 1. The molecule has 298 valence electrons. The number of likely N-dealkylation sites (tertiary alicyclic amines) is 1. The number of aliphatic imine (C=N–C) groups is 1. The van der Waals surface area contributed by atoms with Crippen molar-refractivity contribution < 1.29 is 28.7 Å². The second kappa shape index (κ2) is 16.1. The zero-order chi connectivity index (χ0) is 41.5. The van der Waals surface area contributed by atoms with Crippen LogP contribution in [0.25, 0.3) is 5.00 Å². The number of benzene rings is 3. The minimum absolute atomic E-state index is 0.0719. The number of aryl methyl sites for hydroxylation is 2. The van der Waals surface area contributed by atoms with E-state index in [0.29, 0.717) is 59.4 Å². The number of hydrogen-bond donors (Lipinski definition) is 1. The molecule has 0 bridgehead atoms. The Morgan fingerprint density at radius 1 is 0.949 bits per heavy atom. The Balaban J connectivity index is 0.947. The van der Waals surface area contributed by atoms with E-state index < -0.39 is 23.8 Å². The molecule has 1 fully saturated rings. The minimum atomic E-state index is -0.627. The molecule has 8 rings (SSSR count). The number of nitrogens with one attached hydrogen (secondary N) is 1. The van der Waals surface area contributed by atoms with Crippen molar-refractivity contribution in [1.29, 1.82) is 0 Å². The van der Waals surface area contributed by atoms with Crippen molar-refractivity contribution >= 4 is 63.9 Å². The van der Waals surface area contributed by atoms with Crippen LogP contribution >= 0.6 is 22.9 Å². The molecule has 0 radical (unpaired) electrons. The number of esters is 1. The van der Waals surface area contributed by atoms with E-state index in [4.69, 9.17) is 21.3 Å². The Morgan fingerprint density at radius 3 is 2.32 bits per heavy atom. The van der Waals surface area contributed by atoms with Gasteiger partial charge in [-0.05, 0) is 81.6 Å². The topological polar surface area (TPSA) is 156 Å². The molecule has 3 aliphatic rings. The van der Waals surface area contributed by atoms with Crippen LogP contribution in [0.2, 0.25) is 5.02 Å². The Hall–Kier alpha value is -6.43. The lowest BCUT2D eigenvalue weighted by Crippen LogP contribution is -2.41. The van der Waals surface area contributed by atoms with Crippen LogP contribution in [0.15, 0.2) is 71.7 Å². The van der Waals surface area contributed by atoms with Crippen molar-refractivity contribution in [2.45, 2.75) is 46.1 Å². The summed E-state index contributed by atoms with van der Waals surface area (Å²) in [7, 11) is 1.25. The minimum Gasteiger partial charge on any atom is -0.465 e. The molecule has 5 aromatic rings. The molecule has 0 aliphatic carbocycles. The van der Waals surface area contributed by atoms with Crippen molar-refractivity contribution in [1.82, 2.24) is 24.6 Å². The third-order valence-corrected chi connectivity index (χ3v) is 12.4. The van der Waals surface area contributed by atoms with Crippen LogP contribution in [0.1, 0.15) is 95.2 Å². The van der Waals surface area contributed by atoms with Crippen molar-refractivity contribution in [3.05, 3.63) is 127 Å². The molecular formula is C44H38ClN7O6S. The van der Waals surface area contributed by atoms with E-state index in [-0.39, 0.29) is 41.8 Å². The summed E-state index contributed by atoms with van der Waals surface area (Å²) in [6, 6.07) is 18.2. The van der Waals surface area contributed by atoms with Crippen molar-refractivity contribution in [2.24, 2.45) is 10.9 Å². The summed E-state index contributed by atoms with van der Waals surface area (Å²) < 4.78 is 6.95. The van der Waals surface area contributed by atoms with Crippen molar-refractivity contribution in [3.8, 4) is 16.8 Å². The molecule has 1 atom stereocenters. The maximum atomic E-state index is 14.0. The number of methoxy groups -OCH3 is 1. The first-order valence-electron chi connectivity index (χ1n) is 19.0. The van der Waals surface area contributed by atoms with Crippen molar-refractivity contribution in [2.75, 3.05) is 32.1 Å². The number of ether oxygens (including phenoxy) is 1. The summed E-state index contributed by atoms with van der Waals surface area (Å²) in [4.78, 5) is 74.9. The number of carbonyl (C=O) groups is 5. The van der Waals surface area contributed by atoms with Crippen LogP contribution in [0.5, 0.6) is 0 Å². The number of anilines is 1. The molecule has 59 heavy (non-hydrogen) atoms. The smallest absolute Gasteiger partial charge is 0.339 e. The number of imide groups is 1. The van der Waals surface area contributed by atoms with Crippen LogP contribution in [0.3, 0.4) is 0 Å². The fourth-order valence-corrected chi connectivity index (χ4v) is 9.01. The van der Waals surface area contributed by atoms with Gasteiger partial charge in [0.2, 0.25) is 11.8 Å². The third kappa shape index (κ3) is 7.43. The number of carbonyl (C=O) groups excluding carboxylic acids is 5. The molecule has 13 nitrogen and oxygen atoms in total. The molecule has 0 unspecified atom stereocenters. The van der Waals surface area contributed by atoms with Gasteiger partial charge in [0.15, 0.2) is 5.82 Å². The van der Waals surface area contributed by atoms with E-state index in [9.17, 15) is 24.0 Å². The van der Waals surface area contributed by atoms with E-state index in [1.54, 1.807) is 52.6 Å². The predicted octanol–water partition coefficient (Wildman–Crippen LogP) is 6.50. The van der Waals surface area contributed by atoms with Crippen molar-refractivity contribution in [3.63, 3.8) is 0 Å². The third-order valence-electron chi connectivity index (χ3n) is 11.0. The molecule has 0 saturated carbocycles. The quantitative estimate of drug-likeness (QED) is 0.111. The Bertz CT molecular complexity index is 2630. The van der Waals surface area contributed by atoms with Gasteiger partial charge in [0, 0.05) is 51.3 Å². The highest BCUT2D eigenvalue weighted by Crippen LogP contribution is 2.40. The van der Waals surface area contributed by atoms with Gasteiger partial charge >= 0.3 is 5.97 Å². The summed E-state index contributed by atoms with van der Waals surface area (Å²) in [6.07, 6.45) is 0.960. The zero-order valence-electron chi connectivity index (χ0n) is 32.7. The fraction of sp³-hybridized carbons (Fsp3) is 0.273. The average Bonchev–Trinajstić information content (AvgIpc) is 3.81. The summed E-state index contributed by atoms with van der Waals surface area (Å²) in [5.74, 6) is 4.82. The van der Waals surface area contributed by atoms with E-state index in [1.807, 2.05) is 35.8 Å². The van der Waals surface area contributed by atoms with E-state index in [2.05, 4.69) is 41.2 Å².